The highest BCUT2D eigenvalue weighted by molar-refractivity contribution is 8.00. The van der Waals surface area contributed by atoms with E-state index in [1.54, 1.807) is 18.2 Å². The standard InChI is InChI=1S/C16H17FN2OS/c1-19(2)13-9-7-12(8-10-13)18-16(20)11-21-15-6-4-3-5-14(15)17/h3-10H,11H2,1-2H3,(H,18,20). The predicted molar refractivity (Wildman–Crippen MR) is 86.5 cm³/mol. The van der Waals surface area contributed by atoms with E-state index < -0.39 is 0 Å². The highest BCUT2D eigenvalue weighted by Crippen LogP contribution is 2.21. The number of hydrogen-bond donors (Lipinski definition) is 1. The molecule has 0 radical (unpaired) electrons. The van der Waals surface area contributed by atoms with E-state index in [4.69, 9.17) is 0 Å². The second kappa shape index (κ2) is 7.13. The Morgan fingerprint density at radius 1 is 1.14 bits per heavy atom. The molecule has 110 valence electrons. The molecular formula is C16H17FN2OS. The summed E-state index contributed by atoms with van der Waals surface area (Å²) in [6.45, 7) is 0. The topological polar surface area (TPSA) is 32.3 Å². The van der Waals surface area contributed by atoms with Gasteiger partial charge in [-0.15, -0.1) is 11.8 Å². The highest BCUT2D eigenvalue weighted by Gasteiger charge is 2.07. The normalized spacial score (nSPS) is 10.2. The van der Waals surface area contributed by atoms with Gasteiger partial charge in [-0.2, -0.15) is 0 Å². The van der Waals surface area contributed by atoms with E-state index in [1.165, 1.54) is 17.8 Å². The molecule has 0 saturated heterocycles. The molecule has 2 aromatic rings. The summed E-state index contributed by atoms with van der Waals surface area (Å²) in [7, 11) is 3.91. The van der Waals surface area contributed by atoms with Gasteiger partial charge in [0, 0.05) is 30.4 Å². The Hall–Kier alpha value is -2.01. The molecule has 0 aliphatic heterocycles. The summed E-state index contributed by atoms with van der Waals surface area (Å²) in [6, 6.07) is 14.0. The van der Waals surface area contributed by atoms with Crippen molar-refractivity contribution in [2.24, 2.45) is 0 Å². The van der Waals surface area contributed by atoms with Crippen LogP contribution in [-0.2, 0) is 4.79 Å². The van der Waals surface area contributed by atoms with E-state index in [0.29, 0.717) is 4.90 Å². The Morgan fingerprint density at radius 3 is 2.43 bits per heavy atom. The van der Waals surface area contributed by atoms with Crippen molar-refractivity contribution in [1.82, 2.24) is 0 Å². The lowest BCUT2D eigenvalue weighted by Gasteiger charge is -2.13. The van der Waals surface area contributed by atoms with Crippen LogP contribution in [0.5, 0.6) is 0 Å². The molecule has 5 heteroatoms. The molecular weight excluding hydrogens is 287 g/mol. The van der Waals surface area contributed by atoms with Crippen LogP contribution in [0.3, 0.4) is 0 Å². The smallest absolute Gasteiger partial charge is 0.234 e. The Kier molecular flexibility index (Phi) is 5.22. The molecule has 21 heavy (non-hydrogen) atoms. The fraction of sp³-hybridized carbons (Fsp3) is 0.188. The van der Waals surface area contributed by atoms with Crippen molar-refractivity contribution in [1.29, 1.82) is 0 Å². The van der Waals surface area contributed by atoms with Crippen molar-refractivity contribution < 1.29 is 9.18 Å². The number of nitrogens with zero attached hydrogens (tertiary/aromatic N) is 1. The number of carbonyl (C=O) groups is 1. The number of amides is 1. The third kappa shape index (κ3) is 4.49. The summed E-state index contributed by atoms with van der Waals surface area (Å²) in [4.78, 5) is 14.3. The third-order valence-corrected chi connectivity index (χ3v) is 3.91. The fourth-order valence-corrected chi connectivity index (χ4v) is 2.48. The molecule has 0 heterocycles. The first-order chi connectivity index (χ1) is 10.1. The molecule has 0 unspecified atom stereocenters. The molecule has 1 N–H and O–H groups in total. The monoisotopic (exact) mass is 304 g/mol. The van der Waals surface area contributed by atoms with Gasteiger partial charge in [-0.3, -0.25) is 4.79 Å². The molecule has 1 amide bonds. The Balaban J connectivity index is 1.88. The van der Waals surface area contributed by atoms with Crippen molar-refractivity contribution in [3.05, 3.63) is 54.3 Å². The number of nitrogens with one attached hydrogen (secondary N) is 1. The van der Waals surface area contributed by atoms with Crippen LogP contribution in [0.25, 0.3) is 0 Å². The minimum Gasteiger partial charge on any atom is -0.378 e. The molecule has 2 rings (SSSR count). The largest absolute Gasteiger partial charge is 0.378 e. The van der Waals surface area contributed by atoms with Crippen molar-refractivity contribution in [3.8, 4) is 0 Å². The third-order valence-electron chi connectivity index (χ3n) is 2.86. The maximum Gasteiger partial charge on any atom is 0.234 e. The van der Waals surface area contributed by atoms with E-state index in [1.807, 2.05) is 43.3 Å². The van der Waals surface area contributed by atoms with Crippen LogP contribution in [0.2, 0.25) is 0 Å². The molecule has 0 fully saturated rings. The van der Waals surface area contributed by atoms with Crippen molar-refractivity contribution in [2.45, 2.75) is 4.90 Å². The zero-order valence-electron chi connectivity index (χ0n) is 12.0. The zero-order chi connectivity index (χ0) is 15.2. The van der Waals surface area contributed by atoms with E-state index in [-0.39, 0.29) is 17.5 Å². The van der Waals surface area contributed by atoms with Crippen LogP contribution in [-0.4, -0.2) is 25.8 Å². The molecule has 2 aromatic carbocycles. The Morgan fingerprint density at radius 2 is 1.81 bits per heavy atom. The van der Waals surface area contributed by atoms with E-state index in [9.17, 15) is 9.18 Å². The summed E-state index contributed by atoms with van der Waals surface area (Å²) in [5.74, 6) is -0.275. The van der Waals surface area contributed by atoms with Crippen molar-refractivity contribution >= 4 is 29.0 Å². The van der Waals surface area contributed by atoms with Gasteiger partial charge in [0.15, 0.2) is 0 Å². The quantitative estimate of drug-likeness (QED) is 0.856. The SMILES string of the molecule is CN(C)c1ccc(NC(=O)CSc2ccccc2F)cc1. The lowest BCUT2D eigenvalue weighted by atomic mass is 10.2. The zero-order valence-corrected chi connectivity index (χ0v) is 12.8. The Labute approximate surface area is 128 Å². The van der Waals surface area contributed by atoms with Gasteiger partial charge in [0.2, 0.25) is 5.91 Å². The minimum atomic E-state index is -0.300. The first-order valence-electron chi connectivity index (χ1n) is 6.51. The summed E-state index contributed by atoms with van der Waals surface area (Å²) in [6.07, 6.45) is 0. The lowest BCUT2D eigenvalue weighted by molar-refractivity contribution is -0.113. The summed E-state index contributed by atoms with van der Waals surface area (Å²) >= 11 is 1.19. The number of halogens is 1. The fourth-order valence-electron chi connectivity index (χ4n) is 1.75. The van der Waals surface area contributed by atoms with Crippen molar-refractivity contribution in [3.63, 3.8) is 0 Å². The van der Waals surface area contributed by atoms with Crippen LogP contribution < -0.4 is 10.2 Å². The maximum absolute atomic E-state index is 13.4. The molecule has 0 atom stereocenters. The van der Waals surface area contributed by atoms with E-state index >= 15 is 0 Å². The second-order valence-corrected chi connectivity index (χ2v) is 5.73. The van der Waals surface area contributed by atoms with Gasteiger partial charge in [0.1, 0.15) is 5.82 Å². The van der Waals surface area contributed by atoms with Crippen LogP contribution in [0, 0.1) is 5.82 Å². The number of rotatable bonds is 5. The highest BCUT2D eigenvalue weighted by atomic mass is 32.2. The molecule has 0 spiro atoms. The van der Waals surface area contributed by atoms with E-state index in [2.05, 4.69) is 5.32 Å². The van der Waals surface area contributed by atoms with Gasteiger partial charge in [-0.1, -0.05) is 12.1 Å². The van der Waals surface area contributed by atoms with E-state index in [0.717, 1.165) is 11.4 Å². The Bertz CT molecular complexity index is 614. The first kappa shape index (κ1) is 15.4. The number of benzene rings is 2. The molecule has 0 saturated carbocycles. The first-order valence-corrected chi connectivity index (χ1v) is 7.49. The van der Waals surface area contributed by atoms with Gasteiger partial charge in [-0.25, -0.2) is 4.39 Å². The summed E-state index contributed by atoms with van der Waals surface area (Å²) in [5.41, 5.74) is 1.80. The number of hydrogen-bond acceptors (Lipinski definition) is 3. The molecule has 3 nitrogen and oxygen atoms in total. The average Bonchev–Trinajstić information content (AvgIpc) is 2.47. The van der Waals surface area contributed by atoms with Crippen LogP contribution in [0.15, 0.2) is 53.4 Å². The number of thioether (sulfide) groups is 1. The van der Waals surface area contributed by atoms with Crippen LogP contribution in [0.1, 0.15) is 0 Å². The molecule has 0 aromatic heterocycles. The number of carbonyl (C=O) groups excluding carboxylic acids is 1. The van der Waals surface area contributed by atoms with Gasteiger partial charge in [0.05, 0.1) is 5.75 Å². The summed E-state index contributed by atoms with van der Waals surface area (Å²) < 4.78 is 13.4. The summed E-state index contributed by atoms with van der Waals surface area (Å²) in [5, 5.41) is 2.80. The van der Waals surface area contributed by atoms with Crippen LogP contribution in [0.4, 0.5) is 15.8 Å². The molecule has 0 bridgehead atoms. The van der Waals surface area contributed by atoms with Crippen LogP contribution >= 0.6 is 11.8 Å². The van der Waals surface area contributed by atoms with Crippen molar-refractivity contribution in [2.75, 3.05) is 30.1 Å². The van der Waals surface area contributed by atoms with Gasteiger partial charge >= 0.3 is 0 Å². The molecule has 0 aliphatic carbocycles. The molecule has 0 aliphatic rings. The maximum atomic E-state index is 13.4. The minimum absolute atomic E-state index is 0.152. The predicted octanol–water partition coefficient (Wildman–Crippen LogP) is 3.62. The lowest BCUT2D eigenvalue weighted by Crippen LogP contribution is -2.14. The van der Waals surface area contributed by atoms with Gasteiger partial charge in [0.25, 0.3) is 0 Å². The van der Waals surface area contributed by atoms with Gasteiger partial charge < -0.3 is 10.2 Å². The number of anilines is 2. The average molecular weight is 304 g/mol. The van der Waals surface area contributed by atoms with Gasteiger partial charge in [-0.05, 0) is 36.4 Å². The second-order valence-electron chi connectivity index (χ2n) is 4.71.